The Morgan fingerprint density at radius 1 is 1.22 bits per heavy atom. The average molecular weight is 457 g/mol. The van der Waals surface area contributed by atoms with Gasteiger partial charge in [-0.2, -0.15) is 5.10 Å². The number of ether oxygens (including phenoxy) is 1. The van der Waals surface area contributed by atoms with E-state index in [1.807, 2.05) is 18.2 Å². The maximum absolute atomic E-state index is 12.9. The molecular formula is C21H24N6O4S. The molecule has 1 aliphatic rings. The van der Waals surface area contributed by atoms with Crippen LogP contribution >= 0.6 is 0 Å². The van der Waals surface area contributed by atoms with Gasteiger partial charge in [-0.15, -0.1) is 0 Å². The van der Waals surface area contributed by atoms with Crippen LogP contribution < -0.4 is 14.8 Å². The Kier molecular flexibility index (Phi) is 6.37. The molecule has 2 aromatic carbocycles. The van der Waals surface area contributed by atoms with Crippen LogP contribution in [0.1, 0.15) is 11.9 Å². The maximum atomic E-state index is 12.9. The quantitative estimate of drug-likeness (QED) is 0.490. The van der Waals surface area contributed by atoms with E-state index in [1.165, 1.54) is 0 Å². The Morgan fingerprint density at radius 3 is 2.81 bits per heavy atom. The van der Waals surface area contributed by atoms with Crippen LogP contribution in [0, 0.1) is 0 Å². The lowest BCUT2D eigenvalue weighted by atomic mass is 10.1. The molecule has 2 heterocycles. The molecule has 0 saturated carbocycles. The third-order valence-electron chi connectivity index (χ3n) is 4.91. The van der Waals surface area contributed by atoms with E-state index in [2.05, 4.69) is 25.2 Å². The number of nitrogens with one attached hydrogen (secondary N) is 3. The molecule has 168 valence electrons. The standard InChI is InChI=1S/C21H24N6O4S/c1-32(29,30)26-16-7-5-6-15(12-16)20-23-21(25-24-20)18-13-22-10-11-27(18)19(28)14-31-17-8-3-2-4-9-17/h2-9,12,18,22,26H,10-11,13-14H2,1H3,(H,23,24,25)/t18-/m1/s1. The molecule has 11 heteroatoms. The molecule has 1 atom stereocenters. The zero-order valence-electron chi connectivity index (χ0n) is 17.5. The van der Waals surface area contributed by atoms with Gasteiger partial charge in [-0.05, 0) is 24.3 Å². The van der Waals surface area contributed by atoms with Crippen molar-refractivity contribution in [1.82, 2.24) is 25.4 Å². The summed E-state index contributed by atoms with van der Waals surface area (Å²) in [5.74, 6) is 1.45. The largest absolute Gasteiger partial charge is 0.484 e. The molecular weight excluding hydrogens is 432 g/mol. The van der Waals surface area contributed by atoms with E-state index < -0.39 is 10.0 Å². The zero-order chi connectivity index (χ0) is 22.6. The summed E-state index contributed by atoms with van der Waals surface area (Å²) in [5, 5.41) is 10.5. The third kappa shape index (κ3) is 5.42. The molecule has 1 fully saturated rings. The molecule has 0 aliphatic carbocycles. The topological polar surface area (TPSA) is 129 Å². The van der Waals surface area contributed by atoms with Gasteiger partial charge in [0, 0.05) is 30.9 Å². The van der Waals surface area contributed by atoms with Crippen molar-refractivity contribution in [3.63, 3.8) is 0 Å². The molecule has 1 saturated heterocycles. The van der Waals surface area contributed by atoms with Crippen LogP contribution in [0.25, 0.3) is 11.4 Å². The Labute approximate surface area is 186 Å². The van der Waals surface area contributed by atoms with Crippen LogP contribution in [0.2, 0.25) is 0 Å². The van der Waals surface area contributed by atoms with Crippen LogP contribution in [0.4, 0.5) is 5.69 Å². The molecule has 0 spiro atoms. The highest BCUT2D eigenvalue weighted by Gasteiger charge is 2.30. The summed E-state index contributed by atoms with van der Waals surface area (Å²) in [6.45, 7) is 1.65. The molecule has 32 heavy (non-hydrogen) atoms. The molecule has 1 aliphatic heterocycles. The number of nitrogens with zero attached hydrogens (tertiary/aromatic N) is 3. The Bertz CT molecular complexity index is 1180. The predicted octanol–water partition coefficient (Wildman–Crippen LogP) is 1.40. The molecule has 1 aromatic heterocycles. The van der Waals surface area contributed by atoms with Crippen LogP contribution in [-0.4, -0.2) is 66.9 Å². The van der Waals surface area contributed by atoms with Crippen molar-refractivity contribution < 1.29 is 17.9 Å². The van der Waals surface area contributed by atoms with E-state index in [1.54, 1.807) is 41.3 Å². The summed E-state index contributed by atoms with van der Waals surface area (Å²) in [6, 6.07) is 15.7. The summed E-state index contributed by atoms with van der Waals surface area (Å²) in [5.41, 5.74) is 1.07. The second-order valence-electron chi connectivity index (χ2n) is 7.41. The summed E-state index contributed by atoms with van der Waals surface area (Å²) in [6.07, 6.45) is 1.09. The van der Waals surface area contributed by atoms with Crippen molar-refractivity contribution in [2.75, 3.05) is 37.2 Å². The number of sulfonamides is 1. The van der Waals surface area contributed by atoms with Crippen molar-refractivity contribution in [1.29, 1.82) is 0 Å². The van der Waals surface area contributed by atoms with Crippen molar-refractivity contribution in [3.05, 3.63) is 60.4 Å². The van der Waals surface area contributed by atoms with Crippen LogP contribution in [0.3, 0.4) is 0 Å². The fraction of sp³-hybridized carbons (Fsp3) is 0.286. The first kappa shape index (κ1) is 21.8. The first-order valence-electron chi connectivity index (χ1n) is 10.1. The smallest absolute Gasteiger partial charge is 0.261 e. The van der Waals surface area contributed by atoms with E-state index in [9.17, 15) is 13.2 Å². The van der Waals surface area contributed by atoms with Gasteiger partial charge < -0.3 is 15.0 Å². The minimum Gasteiger partial charge on any atom is -0.484 e. The number of benzene rings is 2. The molecule has 0 radical (unpaired) electrons. The summed E-state index contributed by atoms with van der Waals surface area (Å²) >= 11 is 0. The van der Waals surface area contributed by atoms with Gasteiger partial charge in [-0.3, -0.25) is 14.6 Å². The SMILES string of the molecule is CS(=O)(=O)Nc1cccc(-c2n[nH]c([C@H]3CNCCN3C(=O)COc3ccccc3)n2)c1. The van der Waals surface area contributed by atoms with Gasteiger partial charge in [0.1, 0.15) is 17.6 Å². The van der Waals surface area contributed by atoms with Gasteiger partial charge in [-0.25, -0.2) is 13.4 Å². The van der Waals surface area contributed by atoms with E-state index >= 15 is 0 Å². The molecule has 3 N–H and O–H groups in total. The molecule has 0 bridgehead atoms. The molecule has 10 nitrogen and oxygen atoms in total. The fourth-order valence-corrected chi connectivity index (χ4v) is 4.04. The van der Waals surface area contributed by atoms with Gasteiger partial charge in [0.15, 0.2) is 12.4 Å². The molecule has 4 rings (SSSR count). The van der Waals surface area contributed by atoms with E-state index in [0.717, 1.165) is 6.26 Å². The average Bonchev–Trinajstić information content (AvgIpc) is 3.27. The van der Waals surface area contributed by atoms with Gasteiger partial charge in [0.25, 0.3) is 5.91 Å². The minimum atomic E-state index is -3.39. The van der Waals surface area contributed by atoms with E-state index in [-0.39, 0.29) is 18.6 Å². The summed E-state index contributed by atoms with van der Waals surface area (Å²) in [4.78, 5) is 19.2. The number of hydrogen-bond acceptors (Lipinski definition) is 7. The number of aromatic amines is 1. The van der Waals surface area contributed by atoms with Crippen LogP contribution in [0.5, 0.6) is 5.75 Å². The number of hydrogen-bond donors (Lipinski definition) is 3. The normalized spacial score (nSPS) is 16.5. The lowest BCUT2D eigenvalue weighted by Crippen LogP contribution is -2.50. The van der Waals surface area contributed by atoms with Crippen molar-refractivity contribution in [3.8, 4) is 17.1 Å². The highest BCUT2D eigenvalue weighted by Crippen LogP contribution is 2.24. The van der Waals surface area contributed by atoms with E-state index in [4.69, 9.17) is 4.74 Å². The Hall–Kier alpha value is -3.44. The lowest BCUT2D eigenvalue weighted by molar-refractivity contribution is -0.137. The first-order valence-corrected chi connectivity index (χ1v) is 12.0. The molecule has 3 aromatic rings. The molecule has 1 amide bonds. The van der Waals surface area contributed by atoms with Gasteiger partial charge >= 0.3 is 0 Å². The number of amides is 1. The number of piperazine rings is 1. The maximum Gasteiger partial charge on any atom is 0.261 e. The number of H-pyrrole nitrogens is 1. The number of anilines is 1. The second-order valence-corrected chi connectivity index (χ2v) is 9.16. The highest BCUT2D eigenvalue weighted by molar-refractivity contribution is 7.92. The highest BCUT2D eigenvalue weighted by atomic mass is 32.2. The first-order chi connectivity index (χ1) is 15.4. The third-order valence-corrected chi connectivity index (χ3v) is 5.52. The number of aromatic nitrogens is 3. The predicted molar refractivity (Wildman–Crippen MR) is 120 cm³/mol. The Morgan fingerprint density at radius 2 is 2.03 bits per heavy atom. The van der Waals surface area contributed by atoms with Crippen molar-refractivity contribution in [2.24, 2.45) is 0 Å². The lowest BCUT2D eigenvalue weighted by Gasteiger charge is -2.34. The van der Waals surface area contributed by atoms with Gasteiger partial charge in [0.05, 0.1) is 6.26 Å². The fourth-order valence-electron chi connectivity index (χ4n) is 3.48. The van der Waals surface area contributed by atoms with Gasteiger partial charge in [-0.1, -0.05) is 30.3 Å². The number of carbonyl (C=O) groups is 1. The van der Waals surface area contributed by atoms with Crippen LogP contribution in [-0.2, 0) is 14.8 Å². The number of rotatable bonds is 7. The van der Waals surface area contributed by atoms with E-state index in [0.29, 0.717) is 48.3 Å². The second kappa shape index (κ2) is 9.37. The van der Waals surface area contributed by atoms with Crippen molar-refractivity contribution in [2.45, 2.75) is 6.04 Å². The van der Waals surface area contributed by atoms with Crippen molar-refractivity contribution >= 4 is 21.6 Å². The molecule has 0 unspecified atom stereocenters. The summed E-state index contributed by atoms with van der Waals surface area (Å²) < 4.78 is 31.1. The Balaban J connectivity index is 1.49. The zero-order valence-corrected chi connectivity index (χ0v) is 18.3. The minimum absolute atomic E-state index is 0.0687. The number of para-hydroxylation sites is 1. The summed E-state index contributed by atoms with van der Waals surface area (Å²) in [7, 11) is -3.39. The number of carbonyl (C=O) groups excluding carboxylic acids is 1. The van der Waals surface area contributed by atoms with Crippen LogP contribution in [0.15, 0.2) is 54.6 Å². The van der Waals surface area contributed by atoms with Gasteiger partial charge in [0.2, 0.25) is 10.0 Å². The monoisotopic (exact) mass is 456 g/mol.